The van der Waals surface area contributed by atoms with E-state index in [4.69, 9.17) is 0 Å². The van der Waals surface area contributed by atoms with Crippen LogP contribution < -0.4 is 37.2 Å². The van der Waals surface area contributed by atoms with E-state index in [-0.39, 0.29) is 59.6 Å². The molecule has 0 radical (unpaired) electrons. The highest BCUT2D eigenvalue weighted by Gasteiger charge is 2.41. The van der Waals surface area contributed by atoms with Gasteiger partial charge >= 0.3 is 0 Å². The first-order valence-electron chi connectivity index (χ1n) is 19.6. The molecule has 1 aromatic carbocycles. The Kier molecular flexibility index (Phi) is 15.2. The van der Waals surface area contributed by atoms with Gasteiger partial charge in [-0.1, -0.05) is 87.4 Å². The maximum atomic E-state index is 14.3. The number of thioether (sulfide) groups is 1. The summed E-state index contributed by atoms with van der Waals surface area (Å²) < 4.78 is 0. The third kappa shape index (κ3) is 11.2. The quantitative estimate of drug-likeness (QED) is 0.199. The Morgan fingerprint density at radius 3 is 1.69 bits per heavy atom. The Balaban J connectivity index is 1.76. The Morgan fingerprint density at radius 1 is 0.600 bits per heavy atom. The molecule has 0 spiro atoms. The SMILES string of the molecule is CC(C)CC1NC(=O)[C@H](Cc2c[nH]c3ccccc23)NC(=O)C(C(C)C)NC(=O)[C@@H]2CSC(N2)[C@H](C(C)C)NC(=O)C(C(C)C)NC(=O)[C@H](C(C)C)NC1=O. The number of carbonyl (C=O) groups excluding carboxylic acids is 6. The molecule has 8 N–H and O–H groups in total. The lowest BCUT2D eigenvalue weighted by Gasteiger charge is -2.32. The average Bonchev–Trinajstić information content (AvgIpc) is 3.76. The summed E-state index contributed by atoms with van der Waals surface area (Å²) in [6.07, 6.45) is 2.15. The van der Waals surface area contributed by atoms with E-state index in [1.807, 2.05) is 79.7 Å². The number of aromatic amines is 1. The van der Waals surface area contributed by atoms with Gasteiger partial charge in [-0.25, -0.2) is 0 Å². The van der Waals surface area contributed by atoms with Crippen LogP contribution in [0.25, 0.3) is 10.9 Å². The van der Waals surface area contributed by atoms with Crippen molar-refractivity contribution in [1.29, 1.82) is 0 Å². The summed E-state index contributed by atoms with van der Waals surface area (Å²) in [5, 5.41) is 21.5. The second-order valence-corrected chi connectivity index (χ2v) is 17.9. The third-order valence-electron chi connectivity index (χ3n) is 10.3. The normalized spacial score (nSPS) is 28.2. The molecule has 304 valence electrons. The van der Waals surface area contributed by atoms with E-state index in [2.05, 4.69) is 42.2 Å². The van der Waals surface area contributed by atoms with Gasteiger partial charge in [0.25, 0.3) is 0 Å². The van der Waals surface area contributed by atoms with Gasteiger partial charge in [-0.15, -0.1) is 11.8 Å². The summed E-state index contributed by atoms with van der Waals surface area (Å²) in [4.78, 5) is 87.2. The van der Waals surface area contributed by atoms with Crippen LogP contribution in [0.15, 0.2) is 30.5 Å². The van der Waals surface area contributed by atoms with Crippen LogP contribution in [-0.4, -0.2) is 93.8 Å². The van der Waals surface area contributed by atoms with E-state index in [9.17, 15) is 28.8 Å². The van der Waals surface area contributed by atoms with Crippen LogP contribution in [-0.2, 0) is 35.2 Å². The van der Waals surface area contributed by atoms with Crippen LogP contribution >= 0.6 is 11.8 Å². The zero-order chi connectivity index (χ0) is 40.7. The van der Waals surface area contributed by atoms with Gasteiger partial charge in [-0.3, -0.25) is 34.1 Å². The van der Waals surface area contributed by atoms with E-state index in [1.165, 1.54) is 11.8 Å². The smallest absolute Gasteiger partial charge is 0.243 e. The number of hydrogen-bond acceptors (Lipinski definition) is 8. The molecular weight excluding hydrogens is 721 g/mol. The van der Waals surface area contributed by atoms with Gasteiger partial charge < -0.3 is 36.9 Å². The number of carbonyl (C=O) groups is 6. The second kappa shape index (κ2) is 19.2. The number of para-hydroxylation sites is 1. The molecule has 4 rings (SSSR count). The van der Waals surface area contributed by atoms with Gasteiger partial charge in [-0.2, -0.15) is 0 Å². The Morgan fingerprint density at radius 2 is 1.11 bits per heavy atom. The summed E-state index contributed by atoms with van der Waals surface area (Å²) in [5.41, 5.74) is 1.65. The van der Waals surface area contributed by atoms with Crippen molar-refractivity contribution in [2.45, 2.75) is 130 Å². The molecule has 14 nitrogen and oxygen atoms in total. The van der Waals surface area contributed by atoms with Crippen LogP contribution in [0.2, 0.25) is 0 Å². The topological polar surface area (TPSA) is 202 Å². The number of fused-ring (bicyclic) bond motifs is 3. The van der Waals surface area contributed by atoms with Crippen molar-refractivity contribution in [2.24, 2.45) is 29.6 Å². The van der Waals surface area contributed by atoms with Crippen LogP contribution in [0, 0.1) is 29.6 Å². The summed E-state index contributed by atoms with van der Waals surface area (Å²) >= 11 is 1.50. The lowest BCUT2D eigenvalue weighted by molar-refractivity contribution is -0.136. The highest BCUT2D eigenvalue weighted by Crippen LogP contribution is 2.26. The molecule has 0 saturated carbocycles. The van der Waals surface area contributed by atoms with Crippen molar-refractivity contribution in [2.75, 3.05) is 5.75 Å². The lowest BCUT2D eigenvalue weighted by atomic mass is 9.97. The molecule has 2 aromatic rings. The predicted octanol–water partition coefficient (Wildman–Crippen LogP) is 2.33. The number of rotatable bonds is 8. The molecule has 2 saturated heterocycles. The van der Waals surface area contributed by atoms with E-state index in [0.29, 0.717) is 5.75 Å². The van der Waals surface area contributed by atoms with E-state index < -0.39 is 65.9 Å². The highest BCUT2D eigenvalue weighted by molar-refractivity contribution is 8.00. The number of nitrogens with one attached hydrogen (secondary N) is 8. The fraction of sp³-hybridized carbons (Fsp3) is 0.650. The van der Waals surface area contributed by atoms with Crippen molar-refractivity contribution < 1.29 is 28.8 Å². The number of hydrogen-bond donors (Lipinski definition) is 8. The van der Waals surface area contributed by atoms with Gasteiger partial charge in [0.05, 0.1) is 17.5 Å². The number of H-pyrrole nitrogens is 1. The zero-order valence-electron chi connectivity index (χ0n) is 33.9. The Bertz CT molecular complexity index is 1690. The molecule has 55 heavy (non-hydrogen) atoms. The molecule has 6 amide bonds. The maximum absolute atomic E-state index is 14.3. The first-order valence-corrected chi connectivity index (χ1v) is 20.7. The minimum Gasteiger partial charge on any atom is -0.361 e. The van der Waals surface area contributed by atoms with Crippen LogP contribution in [0.5, 0.6) is 0 Å². The van der Waals surface area contributed by atoms with Crippen molar-refractivity contribution >= 4 is 58.1 Å². The van der Waals surface area contributed by atoms with E-state index in [1.54, 1.807) is 20.0 Å². The molecule has 2 bridgehead atoms. The molecule has 2 aliphatic rings. The first kappa shape index (κ1) is 43.6. The molecule has 2 aliphatic heterocycles. The third-order valence-corrected chi connectivity index (χ3v) is 11.6. The average molecular weight is 783 g/mol. The summed E-state index contributed by atoms with van der Waals surface area (Å²) in [6.45, 7) is 18.7. The molecule has 8 atom stereocenters. The highest BCUT2D eigenvalue weighted by atomic mass is 32.2. The molecule has 15 heteroatoms. The van der Waals surface area contributed by atoms with Gasteiger partial charge in [0, 0.05) is 29.3 Å². The van der Waals surface area contributed by atoms with Crippen molar-refractivity contribution in [3.63, 3.8) is 0 Å². The number of aromatic nitrogens is 1. The summed E-state index contributed by atoms with van der Waals surface area (Å²) in [6, 6.07) is 1.52. The standard InChI is InChI=1S/C40H62N8O6S/c1-19(2)15-27-35(50)45-31(21(5)6)38(53)47-32(22(7)8)39(54)48-33(23(9)10)40-44-29(18-55-40)36(51)46-30(20(3)4)37(52)43-28(34(49)42-27)16-24-17-41-26-14-12-11-13-25(24)26/h11-14,17,19-23,27-33,40-41,44H,15-16,18H2,1-10H3,(H,42,49)(H,43,52)(H,45,50)(H,46,51)(H,47,53)(H,48,54)/t27?,28-,29-,30?,31-,32?,33-,40?/m0/s1. The van der Waals surface area contributed by atoms with Gasteiger partial charge in [0.2, 0.25) is 35.4 Å². The molecule has 4 unspecified atom stereocenters. The minimum absolute atomic E-state index is 0.0240. The molecule has 0 aliphatic carbocycles. The molecule has 1 aromatic heterocycles. The van der Waals surface area contributed by atoms with Crippen molar-refractivity contribution in [1.82, 2.24) is 42.2 Å². The maximum Gasteiger partial charge on any atom is 0.243 e. The first-order chi connectivity index (χ1) is 25.9. The van der Waals surface area contributed by atoms with E-state index >= 15 is 0 Å². The monoisotopic (exact) mass is 782 g/mol. The number of benzene rings is 1. The van der Waals surface area contributed by atoms with Gasteiger partial charge in [-0.05, 0) is 47.6 Å². The second-order valence-electron chi connectivity index (χ2n) is 16.8. The van der Waals surface area contributed by atoms with Crippen molar-refractivity contribution in [3.05, 3.63) is 36.0 Å². The summed E-state index contributed by atoms with van der Waals surface area (Å²) in [5.74, 6) is -3.58. The number of amides is 6. The minimum atomic E-state index is -1.12. The lowest BCUT2D eigenvalue weighted by Crippen LogP contribution is -2.61. The zero-order valence-corrected chi connectivity index (χ0v) is 34.7. The van der Waals surface area contributed by atoms with Crippen LogP contribution in [0.4, 0.5) is 0 Å². The Labute approximate surface area is 329 Å². The van der Waals surface area contributed by atoms with Gasteiger partial charge in [0.15, 0.2) is 0 Å². The van der Waals surface area contributed by atoms with Crippen LogP contribution in [0.1, 0.15) is 81.2 Å². The largest absolute Gasteiger partial charge is 0.361 e. The van der Waals surface area contributed by atoms with Crippen LogP contribution in [0.3, 0.4) is 0 Å². The fourth-order valence-corrected chi connectivity index (χ4v) is 8.52. The fourth-order valence-electron chi connectivity index (χ4n) is 7.02. The summed E-state index contributed by atoms with van der Waals surface area (Å²) in [7, 11) is 0. The van der Waals surface area contributed by atoms with Gasteiger partial charge in [0.1, 0.15) is 30.2 Å². The van der Waals surface area contributed by atoms with E-state index in [0.717, 1.165) is 16.5 Å². The Hall–Kier alpha value is -4.11. The van der Waals surface area contributed by atoms with Crippen molar-refractivity contribution in [3.8, 4) is 0 Å². The molecular formula is C40H62N8O6S. The molecule has 2 fully saturated rings. The predicted molar refractivity (Wildman–Crippen MR) is 216 cm³/mol. The molecule has 3 heterocycles.